The van der Waals surface area contributed by atoms with Gasteiger partial charge in [0.1, 0.15) is 10.7 Å². The Hall–Kier alpha value is -1.17. The van der Waals surface area contributed by atoms with Crippen LogP contribution in [-0.2, 0) is 0 Å². The molecule has 1 atom stereocenters. The van der Waals surface area contributed by atoms with Gasteiger partial charge in [0.15, 0.2) is 0 Å². The maximum atomic E-state index is 13.2. The summed E-state index contributed by atoms with van der Waals surface area (Å²) in [5.74, 6) is -0.529. The number of fused-ring (bicyclic) bond motifs is 1. The number of hydrogen-bond acceptors (Lipinski definition) is 3. The molecule has 1 unspecified atom stereocenters. The molecule has 2 aromatic rings. The number of benzene rings is 1. The molecule has 0 spiro atoms. The minimum absolute atomic E-state index is 0.185. The van der Waals surface area contributed by atoms with Crippen LogP contribution < -0.4 is 0 Å². The topological polar surface area (TPSA) is 40.5 Å². The SMILES string of the molecule is O=C(c1sc2cc(F)ccc2c1Cl)N1CCCC(O)C1. The van der Waals surface area contributed by atoms with Crippen LogP contribution >= 0.6 is 22.9 Å². The van der Waals surface area contributed by atoms with Gasteiger partial charge in [0.05, 0.1) is 11.1 Å². The third-order valence-electron chi connectivity index (χ3n) is 3.47. The van der Waals surface area contributed by atoms with Crippen molar-refractivity contribution >= 4 is 38.9 Å². The van der Waals surface area contributed by atoms with E-state index in [0.29, 0.717) is 33.1 Å². The maximum Gasteiger partial charge on any atom is 0.265 e. The van der Waals surface area contributed by atoms with Crippen LogP contribution in [0.15, 0.2) is 18.2 Å². The largest absolute Gasteiger partial charge is 0.391 e. The number of piperidine rings is 1. The van der Waals surface area contributed by atoms with Crippen molar-refractivity contribution in [2.24, 2.45) is 0 Å². The van der Waals surface area contributed by atoms with Gasteiger partial charge in [0, 0.05) is 23.2 Å². The number of rotatable bonds is 1. The zero-order valence-corrected chi connectivity index (χ0v) is 12.2. The number of carbonyl (C=O) groups excluding carboxylic acids is 1. The van der Waals surface area contributed by atoms with Gasteiger partial charge in [-0.15, -0.1) is 11.3 Å². The Morgan fingerprint density at radius 1 is 1.50 bits per heavy atom. The van der Waals surface area contributed by atoms with Crippen LogP contribution in [0, 0.1) is 5.82 Å². The fourth-order valence-electron chi connectivity index (χ4n) is 2.46. The van der Waals surface area contributed by atoms with Gasteiger partial charge in [-0.3, -0.25) is 4.79 Å². The molecule has 3 nitrogen and oxygen atoms in total. The van der Waals surface area contributed by atoms with E-state index in [0.717, 1.165) is 12.8 Å². The summed E-state index contributed by atoms with van der Waals surface area (Å²) in [7, 11) is 0. The van der Waals surface area contributed by atoms with Gasteiger partial charge in [0.25, 0.3) is 5.91 Å². The number of hydrogen-bond donors (Lipinski definition) is 1. The zero-order chi connectivity index (χ0) is 14.3. The predicted molar refractivity (Wildman–Crippen MR) is 77.9 cm³/mol. The summed E-state index contributed by atoms with van der Waals surface area (Å²) in [4.78, 5) is 14.5. The van der Waals surface area contributed by atoms with Crippen molar-refractivity contribution in [3.05, 3.63) is 33.9 Å². The first-order chi connectivity index (χ1) is 9.56. The molecule has 0 aliphatic carbocycles. The Balaban J connectivity index is 1.97. The minimum atomic E-state index is -0.474. The number of aliphatic hydroxyl groups excluding tert-OH is 1. The molecule has 106 valence electrons. The van der Waals surface area contributed by atoms with Crippen molar-refractivity contribution in [2.75, 3.05) is 13.1 Å². The third-order valence-corrected chi connectivity index (χ3v) is 5.11. The standard InChI is InChI=1S/C14H13ClFNO2S/c15-12-10-4-3-8(16)6-11(10)20-13(12)14(19)17-5-1-2-9(18)7-17/h3-4,6,9,18H,1-2,5,7H2. The summed E-state index contributed by atoms with van der Waals surface area (Å²) in [6.07, 6.45) is 1.03. The number of halogens is 2. The molecule has 0 saturated carbocycles. The number of amides is 1. The van der Waals surface area contributed by atoms with Gasteiger partial charge in [-0.2, -0.15) is 0 Å². The van der Waals surface area contributed by atoms with Crippen molar-refractivity contribution in [1.82, 2.24) is 4.90 Å². The highest BCUT2D eigenvalue weighted by Crippen LogP contribution is 2.36. The lowest BCUT2D eigenvalue weighted by Crippen LogP contribution is -2.41. The number of aliphatic hydroxyl groups is 1. The van der Waals surface area contributed by atoms with Gasteiger partial charge in [-0.25, -0.2) is 4.39 Å². The third kappa shape index (κ3) is 2.41. The Morgan fingerprint density at radius 3 is 3.05 bits per heavy atom. The summed E-state index contributed by atoms with van der Waals surface area (Å²) in [6.45, 7) is 0.951. The molecule has 1 aliphatic rings. The molecule has 6 heteroatoms. The maximum absolute atomic E-state index is 13.2. The van der Waals surface area contributed by atoms with Crippen molar-refractivity contribution in [1.29, 1.82) is 0 Å². The average Bonchev–Trinajstić information content (AvgIpc) is 2.74. The normalized spacial score (nSPS) is 19.6. The van der Waals surface area contributed by atoms with E-state index in [1.165, 1.54) is 23.5 Å². The lowest BCUT2D eigenvalue weighted by molar-refractivity contribution is 0.0478. The molecule has 1 amide bonds. The second-order valence-corrected chi connectivity index (χ2v) is 6.36. The van der Waals surface area contributed by atoms with E-state index in [2.05, 4.69) is 0 Å². The van der Waals surface area contributed by atoms with E-state index in [-0.39, 0.29) is 11.7 Å². The van der Waals surface area contributed by atoms with Crippen LogP contribution in [0.3, 0.4) is 0 Å². The van der Waals surface area contributed by atoms with Gasteiger partial charge in [0.2, 0.25) is 0 Å². The Labute approximate surface area is 124 Å². The first-order valence-electron chi connectivity index (χ1n) is 6.41. The van der Waals surface area contributed by atoms with Gasteiger partial charge in [-0.1, -0.05) is 11.6 Å². The molecule has 1 aliphatic heterocycles. The van der Waals surface area contributed by atoms with Crippen LogP contribution in [0.25, 0.3) is 10.1 Å². The Morgan fingerprint density at radius 2 is 2.30 bits per heavy atom. The molecular weight excluding hydrogens is 301 g/mol. The Kier molecular flexibility index (Phi) is 3.67. The predicted octanol–water partition coefficient (Wildman–Crippen LogP) is 3.29. The summed E-state index contributed by atoms with van der Waals surface area (Å²) < 4.78 is 13.9. The molecule has 1 fully saturated rings. The first kappa shape index (κ1) is 13.8. The quantitative estimate of drug-likeness (QED) is 0.877. The minimum Gasteiger partial charge on any atom is -0.391 e. The molecule has 0 radical (unpaired) electrons. The van der Waals surface area contributed by atoms with Crippen LogP contribution in [0.5, 0.6) is 0 Å². The fraction of sp³-hybridized carbons (Fsp3) is 0.357. The lowest BCUT2D eigenvalue weighted by Gasteiger charge is -2.29. The zero-order valence-electron chi connectivity index (χ0n) is 10.6. The van der Waals surface area contributed by atoms with Crippen LogP contribution in [-0.4, -0.2) is 35.1 Å². The molecule has 2 heterocycles. The molecule has 1 aromatic heterocycles. The van der Waals surface area contributed by atoms with Gasteiger partial charge >= 0.3 is 0 Å². The highest BCUT2D eigenvalue weighted by atomic mass is 35.5. The summed E-state index contributed by atoms with van der Waals surface area (Å²) in [6, 6.07) is 4.30. The van der Waals surface area contributed by atoms with Crippen molar-refractivity contribution in [3.8, 4) is 0 Å². The van der Waals surface area contributed by atoms with Crippen molar-refractivity contribution in [2.45, 2.75) is 18.9 Å². The van der Waals surface area contributed by atoms with Crippen LogP contribution in [0.2, 0.25) is 5.02 Å². The van der Waals surface area contributed by atoms with Crippen LogP contribution in [0.4, 0.5) is 4.39 Å². The number of β-amino-alcohol motifs (C(OH)–C–C–N with tert-alkyl or cyclic N) is 1. The lowest BCUT2D eigenvalue weighted by atomic mass is 10.1. The van der Waals surface area contributed by atoms with E-state index < -0.39 is 6.10 Å². The van der Waals surface area contributed by atoms with Gasteiger partial charge < -0.3 is 10.0 Å². The van der Waals surface area contributed by atoms with E-state index >= 15 is 0 Å². The average molecular weight is 314 g/mol. The molecular formula is C14H13ClFNO2S. The second-order valence-electron chi connectivity index (χ2n) is 4.93. The molecule has 3 rings (SSSR count). The number of thiophene rings is 1. The van der Waals surface area contributed by atoms with Crippen molar-refractivity contribution < 1.29 is 14.3 Å². The second kappa shape index (κ2) is 5.31. The number of carbonyl (C=O) groups is 1. The first-order valence-corrected chi connectivity index (χ1v) is 7.60. The summed E-state index contributed by atoms with van der Waals surface area (Å²) >= 11 is 7.43. The van der Waals surface area contributed by atoms with Gasteiger partial charge in [-0.05, 0) is 31.0 Å². The number of nitrogens with zero attached hydrogens (tertiary/aromatic N) is 1. The smallest absolute Gasteiger partial charge is 0.265 e. The molecule has 0 bridgehead atoms. The Bertz CT molecular complexity index is 672. The molecule has 1 saturated heterocycles. The van der Waals surface area contributed by atoms with Crippen LogP contribution in [0.1, 0.15) is 22.5 Å². The summed E-state index contributed by atoms with van der Waals surface area (Å²) in [5.41, 5.74) is 0. The molecule has 1 aromatic carbocycles. The fourth-order valence-corrected chi connectivity index (χ4v) is 3.96. The molecule has 20 heavy (non-hydrogen) atoms. The van der Waals surface area contributed by atoms with E-state index in [1.807, 2.05) is 0 Å². The number of likely N-dealkylation sites (tertiary alicyclic amines) is 1. The highest BCUT2D eigenvalue weighted by Gasteiger charge is 2.26. The highest BCUT2D eigenvalue weighted by molar-refractivity contribution is 7.21. The van der Waals surface area contributed by atoms with E-state index in [4.69, 9.17) is 11.6 Å². The van der Waals surface area contributed by atoms with Crippen molar-refractivity contribution in [3.63, 3.8) is 0 Å². The summed E-state index contributed by atoms with van der Waals surface area (Å²) in [5, 5.41) is 10.7. The molecule has 1 N–H and O–H groups in total. The monoisotopic (exact) mass is 313 g/mol. The van der Waals surface area contributed by atoms with E-state index in [1.54, 1.807) is 11.0 Å². The van der Waals surface area contributed by atoms with E-state index in [9.17, 15) is 14.3 Å².